The first-order chi connectivity index (χ1) is 9.22. The molecule has 108 valence electrons. The second-order valence-corrected chi connectivity index (χ2v) is 4.53. The first-order valence-electron chi connectivity index (χ1n) is 6.71. The molecular weight excluding hydrogens is 242 g/mol. The lowest BCUT2D eigenvalue weighted by Crippen LogP contribution is -2.24. The van der Waals surface area contributed by atoms with E-state index in [1.165, 1.54) is 11.1 Å². The largest absolute Gasteiger partial charge is 0.491 e. The zero-order valence-corrected chi connectivity index (χ0v) is 12.2. The summed E-state index contributed by atoms with van der Waals surface area (Å²) in [7, 11) is 1.70. The van der Waals surface area contributed by atoms with E-state index in [-0.39, 0.29) is 0 Å². The minimum atomic E-state index is 0.584. The molecule has 0 aliphatic rings. The Morgan fingerprint density at radius 2 is 1.58 bits per heavy atom. The highest BCUT2D eigenvalue weighted by molar-refractivity contribution is 5.32. The van der Waals surface area contributed by atoms with Gasteiger partial charge in [-0.25, -0.2) is 0 Å². The summed E-state index contributed by atoms with van der Waals surface area (Å²) in [5.74, 6) is 0.916. The van der Waals surface area contributed by atoms with Gasteiger partial charge in [-0.2, -0.15) is 0 Å². The number of hydrogen-bond donors (Lipinski definition) is 1. The van der Waals surface area contributed by atoms with Gasteiger partial charge in [0.05, 0.1) is 19.8 Å². The third-order valence-electron chi connectivity index (χ3n) is 2.60. The smallest absolute Gasteiger partial charge is 0.119 e. The molecule has 0 fully saturated rings. The highest BCUT2D eigenvalue weighted by atomic mass is 16.5. The lowest BCUT2D eigenvalue weighted by atomic mass is 10.1. The molecular formula is C15H25NO3. The summed E-state index contributed by atoms with van der Waals surface area (Å²) in [6.45, 7) is 8.46. The van der Waals surface area contributed by atoms with E-state index in [1.54, 1.807) is 7.11 Å². The van der Waals surface area contributed by atoms with Crippen molar-refractivity contribution in [3.05, 3.63) is 29.3 Å². The van der Waals surface area contributed by atoms with Crippen molar-refractivity contribution < 1.29 is 14.2 Å². The van der Waals surface area contributed by atoms with Crippen molar-refractivity contribution in [1.29, 1.82) is 0 Å². The molecule has 4 heteroatoms. The van der Waals surface area contributed by atoms with Crippen molar-refractivity contribution in [1.82, 2.24) is 5.32 Å². The lowest BCUT2D eigenvalue weighted by molar-refractivity contribution is 0.100. The van der Waals surface area contributed by atoms with E-state index in [0.29, 0.717) is 19.8 Å². The molecule has 19 heavy (non-hydrogen) atoms. The zero-order valence-electron chi connectivity index (χ0n) is 12.2. The number of aryl methyl sites for hydroxylation is 2. The fraction of sp³-hybridized carbons (Fsp3) is 0.600. The van der Waals surface area contributed by atoms with Gasteiger partial charge >= 0.3 is 0 Å². The Morgan fingerprint density at radius 1 is 0.895 bits per heavy atom. The van der Waals surface area contributed by atoms with Crippen molar-refractivity contribution in [2.45, 2.75) is 13.8 Å². The molecule has 0 unspecified atom stereocenters. The van der Waals surface area contributed by atoms with E-state index in [4.69, 9.17) is 14.2 Å². The van der Waals surface area contributed by atoms with Gasteiger partial charge in [0.25, 0.3) is 0 Å². The molecule has 0 atom stereocenters. The van der Waals surface area contributed by atoms with Crippen LogP contribution in [0.4, 0.5) is 0 Å². The van der Waals surface area contributed by atoms with Gasteiger partial charge in [-0.05, 0) is 37.1 Å². The third kappa shape index (κ3) is 7.82. The Hall–Kier alpha value is -1.10. The number of benzene rings is 1. The van der Waals surface area contributed by atoms with Gasteiger partial charge < -0.3 is 19.5 Å². The topological polar surface area (TPSA) is 39.7 Å². The monoisotopic (exact) mass is 267 g/mol. The Labute approximate surface area is 116 Å². The third-order valence-corrected chi connectivity index (χ3v) is 2.60. The maximum Gasteiger partial charge on any atom is 0.119 e. The van der Waals surface area contributed by atoms with Crippen LogP contribution in [0.2, 0.25) is 0 Å². The summed E-state index contributed by atoms with van der Waals surface area (Å²) >= 11 is 0. The molecule has 0 bridgehead atoms. The molecule has 0 aliphatic carbocycles. The lowest BCUT2D eigenvalue weighted by Gasteiger charge is -2.09. The minimum Gasteiger partial charge on any atom is -0.491 e. The fourth-order valence-electron chi connectivity index (χ4n) is 1.78. The average Bonchev–Trinajstić information content (AvgIpc) is 2.36. The van der Waals surface area contributed by atoms with Gasteiger partial charge in [-0.3, -0.25) is 0 Å². The van der Waals surface area contributed by atoms with Gasteiger partial charge in [0.2, 0.25) is 0 Å². The highest BCUT2D eigenvalue weighted by Crippen LogP contribution is 2.15. The van der Waals surface area contributed by atoms with Crippen LogP contribution in [-0.2, 0) is 9.47 Å². The number of nitrogens with one attached hydrogen (secondary N) is 1. The molecule has 1 aromatic rings. The average molecular weight is 267 g/mol. The molecule has 1 aromatic carbocycles. The molecule has 0 spiro atoms. The first kappa shape index (κ1) is 16.0. The van der Waals surface area contributed by atoms with Gasteiger partial charge in [0, 0.05) is 20.2 Å². The summed E-state index contributed by atoms with van der Waals surface area (Å²) in [5, 5.41) is 3.22. The maximum absolute atomic E-state index is 5.65. The first-order valence-corrected chi connectivity index (χ1v) is 6.71. The maximum atomic E-state index is 5.65. The predicted octanol–water partition coefficient (Wildman–Crippen LogP) is 1.93. The van der Waals surface area contributed by atoms with E-state index in [1.807, 2.05) is 12.1 Å². The van der Waals surface area contributed by atoms with Crippen LogP contribution in [0.3, 0.4) is 0 Å². The van der Waals surface area contributed by atoms with Crippen LogP contribution in [0.25, 0.3) is 0 Å². The fourth-order valence-corrected chi connectivity index (χ4v) is 1.78. The highest BCUT2D eigenvalue weighted by Gasteiger charge is 1.97. The molecule has 1 N–H and O–H groups in total. The normalized spacial score (nSPS) is 10.7. The van der Waals surface area contributed by atoms with Crippen LogP contribution >= 0.6 is 0 Å². The molecule has 0 radical (unpaired) electrons. The Balaban J connectivity index is 2.01. The van der Waals surface area contributed by atoms with Crippen LogP contribution in [0.5, 0.6) is 5.75 Å². The SMILES string of the molecule is COCCNCCOCCOc1cc(C)cc(C)c1. The minimum absolute atomic E-state index is 0.584. The summed E-state index contributed by atoms with van der Waals surface area (Å²) in [6.07, 6.45) is 0. The number of hydrogen-bond acceptors (Lipinski definition) is 4. The molecule has 1 rings (SSSR count). The summed E-state index contributed by atoms with van der Waals surface area (Å²) in [6, 6.07) is 6.22. The molecule has 0 saturated carbocycles. The van der Waals surface area contributed by atoms with Crippen molar-refractivity contribution in [2.75, 3.05) is 46.6 Å². The number of rotatable bonds is 10. The predicted molar refractivity (Wildman–Crippen MR) is 77.0 cm³/mol. The van der Waals surface area contributed by atoms with Gasteiger partial charge in [-0.15, -0.1) is 0 Å². The van der Waals surface area contributed by atoms with E-state index in [9.17, 15) is 0 Å². The van der Waals surface area contributed by atoms with Crippen LogP contribution < -0.4 is 10.1 Å². The van der Waals surface area contributed by atoms with E-state index >= 15 is 0 Å². The zero-order chi connectivity index (χ0) is 13.9. The molecule has 0 aliphatic heterocycles. The van der Waals surface area contributed by atoms with Crippen LogP contribution in [0.15, 0.2) is 18.2 Å². The van der Waals surface area contributed by atoms with Gasteiger partial charge in [0.1, 0.15) is 12.4 Å². The van der Waals surface area contributed by atoms with E-state index < -0.39 is 0 Å². The molecule has 0 saturated heterocycles. The molecule has 0 heterocycles. The second-order valence-electron chi connectivity index (χ2n) is 4.53. The summed E-state index contributed by atoms with van der Waals surface area (Å²) in [4.78, 5) is 0. The Morgan fingerprint density at radius 3 is 2.26 bits per heavy atom. The molecule has 0 amide bonds. The van der Waals surface area contributed by atoms with Crippen molar-refractivity contribution in [3.8, 4) is 5.75 Å². The summed E-state index contributed by atoms with van der Waals surface area (Å²) in [5.41, 5.74) is 2.44. The Bertz CT molecular complexity index is 335. The van der Waals surface area contributed by atoms with Crippen LogP contribution in [0, 0.1) is 13.8 Å². The molecule has 4 nitrogen and oxygen atoms in total. The number of ether oxygens (including phenoxy) is 3. The van der Waals surface area contributed by atoms with Crippen LogP contribution in [-0.4, -0.2) is 46.6 Å². The van der Waals surface area contributed by atoms with Crippen molar-refractivity contribution in [3.63, 3.8) is 0 Å². The van der Waals surface area contributed by atoms with Crippen molar-refractivity contribution in [2.24, 2.45) is 0 Å². The van der Waals surface area contributed by atoms with Gasteiger partial charge in [0.15, 0.2) is 0 Å². The standard InChI is InChI=1S/C15H25NO3/c1-13-10-14(2)12-15(11-13)19-9-8-18-7-5-16-4-6-17-3/h10-12,16H,4-9H2,1-3H3. The second kappa shape index (κ2) is 9.78. The van der Waals surface area contributed by atoms with E-state index in [0.717, 1.165) is 25.4 Å². The number of methoxy groups -OCH3 is 1. The van der Waals surface area contributed by atoms with Crippen molar-refractivity contribution >= 4 is 0 Å². The quantitative estimate of drug-likeness (QED) is 0.658. The van der Waals surface area contributed by atoms with Crippen LogP contribution in [0.1, 0.15) is 11.1 Å². The molecule has 0 aromatic heterocycles. The van der Waals surface area contributed by atoms with E-state index in [2.05, 4.69) is 25.2 Å². The van der Waals surface area contributed by atoms with Gasteiger partial charge in [-0.1, -0.05) is 6.07 Å². The summed E-state index contributed by atoms with van der Waals surface area (Å²) < 4.78 is 16.0. The Kier molecular flexibility index (Phi) is 8.21.